The standard InChI is InChI=1S/C32H40N6O9S4/c1-31(2)25(38-27(41)20(28(38)50-31)16-21(39)24(33)19-8-5-4-6-9-19)29(42)47-13-15-49-48-14-7-12-46-30(43)26-32(3,18-36-11-10-34-35-36)51(44,45)23-17-22(40)37(23)26/h4-6,8-11,20,23-26,28H,7,12-18,33H2,1-3H3/t20-,23+,24?,25?,26-,28-,32+/m1/s1. The molecule has 4 fully saturated rings. The Kier molecular flexibility index (Phi) is 10.9. The number of aromatic nitrogens is 3. The predicted octanol–water partition coefficient (Wildman–Crippen LogP) is 1.59. The molecule has 0 aliphatic carbocycles. The lowest BCUT2D eigenvalue weighted by molar-refractivity contribution is -0.167. The molecule has 276 valence electrons. The highest BCUT2D eigenvalue weighted by Gasteiger charge is 2.70. The molecular weight excluding hydrogens is 741 g/mol. The third-order valence-electron chi connectivity index (χ3n) is 9.80. The van der Waals surface area contributed by atoms with E-state index < -0.39 is 66.6 Å². The number of nitrogens with zero attached hydrogens (tertiary/aromatic N) is 5. The molecule has 4 aliphatic rings. The smallest absolute Gasteiger partial charge is 0.330 e. The molecule has 0 spiro atoms. The van der Waals surface area contributed by atoms with Gasteiger partial charge in [0.15, 0.2) is 21.7 Å². The number of carbonyl (C=O) groups excluding carboxylic acids is 5. The number of rotatable bonds is 16. The van der Waals surface area contributed by atoms with E-state index in [0.29, 0.717) is 23.5 Å². The number of carbonyl (C=O) groups is 5. The van der Waals surface area contributed by atoms with E-state index in [4.69, 9.17) is 15.2 Å². The lowest BCUT2D eigenvalue weighted by Crippen LogP contribution is -2.63. The number of nitrogens with two attached hydrogens (primary N) is 1. The van der Waals surface area contributed by atoms with E-state index in [-0.39, 0.29) is 49.7 Å². The zero-order valence-corrected chi connectivity index (χ0v) is 31.5. The van der Waals surface area contributed by atoms with E-state index in [2.05, 4.69) is 10.3 Å². The summed E-state index contributed by atoms with van der Waals surface area (Å²) in [4.78, 5) is 67.4. The quantitative estimate of drug-likeness (QED) is 0.111. The summed E-state index contributed by atoms with van der Waals surface area (Å²) < 4.78 is 36.8. The first-order valence-corrected chi connectivity index (χ1v) is 21.4. The number of benzene rings is 1. The van der Waals surface area contributed by atoms with Crippen molar-refractivity contribution in [1.29, 1.82) is 0 Å². The van der Waals surface area contributed by atoms with Gasteiger partial charge in [-0.2, -0.15) is 0 Å². The van der Waals surface area contributed by atoms with Crippen molar-refractivity contribution in [2.75, 3.05) is 24.7 Å². The molecule has 15 nitrogen and oxygen atoms in total. The minimum Gasteiger partial charge on any atom is -0.464 e. The predicted molar refractivity (Wildman–Crippen MR) is 190 cm³/mol. The minimum atomic E-state index is -3.89. The van der Waals surface area contributed by atoms with Crippen LogP contribution in [0.15, 0.2) is 42.7 Å². The minimum absolute atomic E-state index is 0.0123. The Bertz CT molecular complexity index is 1780. The van der Waals surface area contributed by atoms with Crippen molar-refractivity contribution in [2.45, 2.75) is 84.9 Å². The molecule has 4 saturated heterocycles. The molecular formula is C32H40N6O9S4. The maximum atomic E-state index is 13.3. The Morgan fingerprint density at radius 1 is 1.02 bits per heavy atom. The van der Waals surface area contributed by atoms with Gasteiger partial charge in [0.05, 0.1) is 43.1 Å². The number of hydrogen-bond acceptors (Lipinski definition) is 15. The largest absolute Gasteiger partial charge is 0.464 e. The fraction of sp³-hybridized carbons (Fsp3) is 0.594. The summed E-state index contributed by atoms with van der Waals surface area (Å²) in [6.45, 7) is 5.25. The molecule has 0 bridgehead atoms. The van der Waals surface area contributed by atoms with Crippen LogP contribution in [-0.4, -0.2) is 120 Å². The van der Waals surface area contributed by atoms with Crippen molar-refractivity contribution in [2.24, 2.45) is 11.7 Å². The molecule has 1 aromatic heterocycles. The number of thioether (sulfide) groups is 1. The zero-order valence-electron chi connectivity index (χ0n) is 28.3. The molecule has 0 radical (unpaired) electrons. The van der Waals surface area contributed by atoms with Crippen molar-refractivity contribution in [3.8, 4) is 0 Å². The highest BCUT2D eigenvalue weighted by Crippen LogP contribution is 2.54. The molecule has 4 aliphatic heterocycles. The molecule has 1 aromatic carbocycles. The second-order valence-corrected chi connectivity index (χ2v) is 20.6. The number of sulfone groups is 1. The number of ether oxygens (including phenoxy) is 2. The van der Waals surface area contributed by atoms with E-state index in [9.17, 15) is 32.4 Å². The normalized spacial score (nSPS) is 29.1. The van der Waals surface area contributed by atoms with Crippen LogP contribution in [-0.2, 0) is 49.8 Å². The summed E-state index contributed by atoms with van der Waals surface area (Å²) in [6.07, 6.45) is 3.23. The second kappa shape index (κ2) is 14.7. The molecule has 0 saturated carbocycles. The monoisotopic (exact) mass is 780 g/mol. The van der Waals surface area contributed by atoms with Gasteiger partial charge in [-0.25, -0.2) is 18.0 Å². The van der Waals surface area contributed by atoms with Crippen molar-refractivity contribution in [3.05, 3.63) is 48.3 Å². The lowest BCUT2D eigenvalue weighted by Gasteiger charge is -2.44. The van der Waals surface area contributed by atoms with E-state index in [1.807, 2.05) is 32.0 Å². The molecule has 19 heteroatoms. The molecule has 2 aromatic rings. The summed E-state index contributed by atoms with van der Waals surface area (Å²) in [6, 6.07) is 6.15. The van der Waals surface area contributed by atoms with Gasteiger partial charge in [-0.15, -0.1) is 16.9 Å². The number of β-lactam (4-membered cyclic amide) rings is 2. The van der Waals surface area contributed by atoms with Crippen molar-refractivity contribution in [3.63, 3.8) is 0 Å². The summed E-state index contributed by atoms with van der Waals surface area (Å²) in [5, 5.41) is 6.20. The van der Waals surface area contributed by atoms with Gasteiger partial charge in [0, 0.05) is 28.9 Å². The van der Waals surface area contributed by atoms with Crippen LogP contribution in [0.1, 0.15) is 51.6 Å². The molecule has 2 unspecified atom stereocenters. The van der Waals surface area contributed by atoms with Gasteiger partial charge in [0.2, 0.25) is 11.8 Å². The first-order chi connectivity index (χ1) is 24.2. The van der Waals surface area contributed by atoms with Gasteiger partial charge in [-0.05, 0) is 32.8 Å². The summed E-state index contributed by atoms with van der Waals surface area (Å²) in [5.74, 6) is -1.58. The first-order valence-electron chi connectivity index (χ1n) is 16.5. The maximum absolute atomic E-state index is 13.3. The van der Waals surface area contributed by atoms with E-state index in [1.54, 1.807) is 17.0 Å². The van der Waals surface area contributed by atoms with Gasteiger partial charge in [0.25, 0.3) is 0 Å². The van der Waals surface area contributed by atoms with Crippen LogP contribution in [0.2, 0.25) is 0 Å². The number of fused-ring (bicyclic) bond motifs is 2. The molecule has 51 heavy (non-hydrogen) atoms. The third kappa shape index (κ3) is 6.91. The number of hydrogen-bond donors (Lipinski definition) is 1. The molecule has 5 heterocycles. The topological polar surface area (TPSA) is 201 Å². The number of amides is 2. The summed E-state index contributed by atoms with van der Waals surface area (Å²) >= 11 is 1.49. The first kappa shape index (κ1) is 37.6. The van der Waals surface area contributed by atoms with Crippen LogP contribution in [0.25, 0.3) is 0 Å². The van der Waals surface area contributed by atoms with Crippen LogP contribution in [0.4, 0.5) is 0 Å². The van der Waals surface area contributed by atoms with Crippen LogP contribution >= 0.6 is 33.3 Å². The van der Waals surface area contributed by atoms with Gasteiger partial charge in [-0.1, -0.05) is 57.1 Å². The van der Waals surface area contributed by atoms with Gasteiger partial charge in [0.1, 0.15) is 22.8 Å². The summed E-state index contributed by atoms with van der Waals surface area (Å²) in [7, 11) is -0.913. The highest BCUT2D eigenvalue weighted by molar-refractivity contribution is 8.76. The van der Waals surface area contributed by atoms with Gasteiger partial charge < -0.3 is 25.0 Å². The lowest BCUT2D eigenvalue weighted by atomic mass is 9.86. The molecule has 2 N–H and O–H groups in total. The van der Waals surface area contributed by atoms with Crippen molar-refractivity contribution >= 4 is 72.7 Å². The average molecular weight is 781 g/mol. The second-order valence-electron chi connectivity index (χ2n) is 13.6. The third-order valence-corrected chi connectivity index (χ3v) is 16.6. The zero-order chi connectivity index (χ0) is 36.7. The fourth-order valence-electron chi connectivity index (χ4n) is 7.10. The SMILES string of the molecule is CC1(C)S[C@@H]2[C@H](CC(=O)C(N)c3ccccc3)C(=O)N2C1C(=O)OCCSSCCCOC(=O)[C@H]1N2C(=O)C[C@@H]2S(=O)(=O)[C@@]1(C)Cn1ccnn1. The Morgan fingerprint density at radius 3 is 2.39 bits per heavy atom. The Balaban J connectivity index is 0.899. The van der Waals surface area contributed by atoms with Gasteiger partial charge >= 0.3 is 11.9 Å². The average Bonchev–Trinajstić information content (AvgIpc) is 3.73. The molecule has 2 amide bonds. The van der Waals surface area contributed by atoms with Crippen molar-refractivity contribution in [1.82, 2.24) is 24.8 Å². The number of esters is 2. The maximum Gasteiger partial charge on any atom is 0.330 e. The van der Waals surface area contributed by atoms with Crippen LogP contribution < -0.4 is 5.73 Å². The summed E-state index contributed by atoms with van der Waals surface area (Å²) in [5.41, 5.74) is 6.86. The fourth-order valence-corrected chi connectivity index (χ4v) is 13.0. The van der Waals surface area contributed by atoms with E-state index in [1.165, 1.54) is 57.3 Å². The number of Topliss-reactive ketones (excluding diaryl/α,β-unsaturated/α-hetero) is 1. The van der Waals surface area contributed by atoms with Crippen LogP contribution in [0.3, 0.4) is 0 Å². The number of ketones is 1. The Morgan fingerprint density at radius 2 is 1.71 bits per heavy atom. The highest BCUT2D eigenvalue weighted by atomic mass is 33.1. The van der Waals surface area contributed by atoms with E-state index in [0.717, 1.165) is 4.90 Å². The van der Waals surface area contributed by atoms with Crippen molar-refractivity contribution < 1.29 is 41.9 Å². The van der Waals surface area contributed by atoms with Gasteiger partial charge in [-0.3, -0.25) is 19.1 Å². The van der Waals surface area contributed by atoms with Crippen LogP contribution in [0.5, 0.6) is 0 Å². The van der Waals surface area contributed by atoms with Crippen LogP contribution in [0, 0.1) is 5.92 Å². The van der Waals surface area contributed by atoms with E-state index >= 15 is 0 Å². The molecule has 6 rings (SSSR count). The Labute approximate surface area is 307 Å². The molecule has 7 atom stereocenters. The Hall–Kier alpha value is -3.13.